The fraction of sp³-hybridized carbons (Fsp3) is 1.00. The minimum Gasteiger partial charge on any atom is -0.377 e. The molecule has 0 aliphatic heterocycles. The van der Waals surface area contributed by atoms with Gasteiger partial charge in [0.2, 0.25) is 0 Å². The first-order valence-corrected chi connectivity index (χ1v) is 6.96. The maximum absolute atomic E-state index is 5.33. The number of hydrogen-bond donors (Lipinski definition) is 1. The summed E-state index contributed by atoms with van der Waals surface area (Å²) in [5.41, 5.74) is 0. The maximum atomic E-state index is 5.33. The molecule has 0 bridgehead atoms. The van der Waals surface area contributed by atoms with Gasteiger partial charge in [0.25, 0.3) is 0 Å². The van der Waals surface area contributed by atoms with Crippen molar-refractivity contribution >= 4 is 8.80 Å². The molecule has 1 N–H and O–H groups in total. The van der Waals surface area contributed by atoms with Crippen LogP contribution in [0.15, 0.2) is 0 Å². The molecule has 0 saturated heterocycles. The summed E-state index contributed by atoms with van der Waals surface area (Å²) in [7, 11) is 2.60. The van der Waals surface area contributed by atoms with Gasteiger partial charge in [0.15, 0.2) is 0 Å². The van der Waals surface area contributed by atoms with E-state index in [0.717, 1.165) is 19.0 Å². The predicted octanol–water partition coefficient (Wildman–Crippen LogP) is 1.25. The highest BCUT2D eigenvalue weighted by atomic mass is 28.4. The van der Waals surface area contributed by atoms with Crippen LogP contribution in [0.5, 0.6) is 0 Å². The molecule has 4 nitrogen and oxygen atoms in total. The monoisotopic (exact) mass is 221 g/mol. The van der Waals surface area contributed by atoms with Crippen LogP contribution < -0.4 is 5.32 Å². The van der Waals surface area contributed by atoms with Crippen LogP contribution in [-0.4, -0.2) is 42.7 Å². The van der Waals surface area contributed by atoms with Crippen molar-refractivity contribution in [3.8, 4) is 0 Å². The number of nitrogens with one attached hydrogen (secondary N) is 1. The Morgan fingerprint density at radius 2 is 1.64 bits per heavy atom. The van der Waals surface area contributed by atoms with Crippen LogP contribution >= 0.6 is 0 Å². The van der Waals surface area contributed by atoms with Crippen LogP contribution in [0, 0.1) is 0 Å². The third-order valence-corrected chi connectivity index (χ3v) is 5.14. The highest BCUT2D eigenvalue weighted by molar-refractivity contribution is 6.60. The van der Waals surface area contributed by atoms with Gasteiger partial charge in [-0.15, -0.1) is 0 Å². The average Bonchev–Trinajstić information content (AvgIpc) is 2.21. The van der Waals surface area contributed by atoms with Crippen LogP contribution in [0.4, 0.5) is 0 Å². The zero-order chi connectivity index (χ0) is 11.0. The van der Waals surface area contributed by atoms with Crippen LogP contribution in [0.25, 0.3) is 0 Å². The zero-order valence-electron chi connectivity index (χ0n) is 9.92. The molecule has 0 radical (unpaired) electrons. The highest BCUT2D eigenvalue weighted by Gasteiger charge is 2.37. The minimum atomic E-state index is -2.35. The molecule has 0 aliphatic carbocycles. The maximum Gasteiger partial charge on any atom is 0.500 e. The Morgan fingerprint density at radius 1 is 1.14 bits per heavy atom. The van der Waals surface area contributed by atoms with Gasteiger partial charge < -0.3 is 18.6 Å². The van der Waals surface area contributed by atoms with E-state index in [2.05, 4.69) is 19.2 Å². The van der Waals surface area contributed by atoms with Gasteiger partial charge in [0.1, 0.15) is 0 Å². The smallest absolute Gasteiger partial charge is 0.377 e. The van der Waals surface area contributed by atoms with Gasteiger partial charge in [-0.1, -0.05) is 6.92 Å². The second kappa shape index (κ2) is 7.36. The first-order valence-electron chi connectivity index (χ1n) is 5.03. The summed E-state index contributed by atoms with van der Waals surface area (Å²) >= 11 is 0. The van der Waals surface area contributed by atoms with Crippen LogP contribution in [0.1, 0.15) is 20.3 Å². The SMILES string of the molecule is CCNC(C)CC[Si](OC)(OC)OC. The molecule has 0 aromatic rings. The lowest BCUT2D eigenvalue weighted by Gasteiger charge is -2.25. The minimum absolute atomic E-state index is 0.479. The molecule has 0 aromatic heterocycles. The van der Waals surface area contributed by atoms with E-state index in [4.69, 9.17) is 13.3 Å². The van der Waals surface area contributed by atoms with E-state index in [0.29, 0.717) is 6.04 Å². The standard InChI is InChI=1S/C9H23NO3Si/c1-6-10-9(2)7-8-14(11-3,12-4)13-5/h9-10H,6-8H2,1-5H3. The van der Waals surface area contributed by atoms with Crippen molar-refractivity contribution in [2.45, 2.75) is 32.4 Å². The summed E-state index contributed by atoms with van der Waals surface area (Å²) in [6.45, 7) is 5.25. The number of hydrogen-bond acceptors (Lipinski definition) is 4. The second-order valence-corrected chi connectivity index (χ2v) is 6.38. The van der Waals surface area contributed by atoms with Gasteiger partial charge in [-0.2, -0.15) is 0 Å². The fourth-order valence-corrected chi connectivity index (χ4v) is 3.30. The van der Waals surface area contributed by atoms with Crippen molar-refractivity contribution in [3.63, 3.8) is 0 Å². The Labute approximate surface area is 88.3 Å². The topological polar surface area (TPSA) is 39.7 Å². The van der Waals surface area contributed by atoms with Crippen LogP contribution in [0.3, 0.4) is 0 Å². The van der Waals surface area contributed by atoms with Crippen molar-refractivity contribution in [1.29, 1.82) is 0 Å². The molecule has 0 heterocycles. The highest BCUT2D eigenvalue weighted by Crippen LogP contribution is 2.16. The summed E-state index contributed by atoms with van der Waals surface area (Å²) in [6, 6.07) is 1.33. The summed E-state index contributed by atoms with van der Waals surface area (Å²) < 4.78 is 16.0. The van der Waals surface area contributed by atoms with Crippen LogP contribution in [-0.2, 0) is 13.3 Å². The third-order valence-electron chi connectivity index (χ3n) is 2.37. The summed E-state index contributed by atoms with van der Waals surface area (Å²) in [6.07, 6.45) is 1.01. The van der Waals surface area contributed by atoms with E-state index in [-0.39, 0.29) is 0 Å². The average molecular weight is 221 g/mol. The lowest BCUT2D eigenvalue weighted by molar-refractivity contribution is 0.122. The van der Waals surface area contributed by atoms with E-state index < -0.39 is 8.80 Å². The van der Waals surface area contributed by atoms with Crippen molar-refractivity contribution in [2.24, 2.45) is 0 Å². The van der Waals surface area contributed by atoms with Crippen molar-refractivity contribution in [1.82, 2.24) is 5.32 Å². The second-order valence-electron chi connectivity index (χ2n) is 3.29. The third kappa shape index (κ3) is 4.52. The first kappa shape index (κ1) is 14.1. The quantitative estimate of drug-likeness (QED) is 0.626. The Hall–Kier alpha value is 0.0569. The Balaban J connectivity index is 3.92. The molecule has 14 heavy (non-hydrogen) atoms. The van der Waals surface area contributed by atoms with Gasteiger partial charge in [-0.3, -0.25) is 0 Å². The zero-order valence-corrected chi connectivity index (χ0v) is 10.9. The summed E-state index contributed by atoms with van der Waals surface area (Å²) in [4.78, 5) is 0. The lowest BCUT2D eigenvalue weighted by Crippen LogP contribution is -2.44. The summed E-state index contributed by atoms with van der Waals surface area (Å²) in [5, 5.41) is 3.35. The molecule has 0 rings (SSSR count). The van der Waals surface area contributed by atoms with E-state index in [9.17, 15) is 0 Å². The predicted molar refractivity (Wildman–Crippen MR) is 59.3 cm³/mol. The molecule has 86 valence electrons. The van der Waals surface area contributed by atoms with Crippen LogP contribution in [0.2, 0.25) is 6.04 Å². The molecule has 0 spiro atoms. The Bertz CT molecular complexity index is 134. The normalized spacial score (nSPS) is 14.4. The van der Waals surface area contributed by atoms with Gasteiger partial charge in [-0.25, -0.2) is 0 Å². The molecule has 0 fully saturated rings. The Morgan fingerprint density at radius 3 is 2.00 bits per heavy atom. The Kier molecular flexibility index (Phi) is 7.39. The molecular weight excluding hydrogens is 198 g/mol. The van der Waals surface area contributed by atoms with E-state index >= 15 is 0 Å². The van der Waals surface area contributed by atoms with Gasteiger partial charge in [0, 0.05) is 33.4 Å². The molecule has 0 saturated carbocycles. The van der Waals surface area contributed by atoms with Crippen molar-refractivity contribution in [2.75, 3.05) is 27.9 Å². The molecule has 1 unspecified atom stereocenters. The molecular formula is C9H23NO3Si. The van der Waals surface area contributed by atoms with Crippen molar-refractivity contribution in [3.05, 3.63) is 0 Å². The van der Waals surface area contributed by atoms with Gasteiger partial charge in [0.05, 0.1) is 0 Å². The van der Waals surface area contributed by atoms with E-state index in [1.54, 1.807) is 21.3 Å². The van der Waals surface area contributed by atoms with E-state index in [1.165, 1.54) is 0 Å². The lowest BCUT2D eigenvalue weighted by atomic mass is 10.3. The van der Waals surface area contributed by atoms with Gasteiger partial charge >= 0.3 is 8.80 Å². The molecule has 0 aliphatic rings. The largest absolute Gasteiger partial charge is 0.500 e. The molecule has 0 aromatic carbocycles. The molecule has 1 atom stereocenters. The van der Waals surface area contributed by atoms with E-state index in [1.807, 2.05) is 0 Å². The van der Waals surface area contributed by atoms with Crippen molar-refractivity contribution < 1.29 is 13.3 Å². The number of rotatable bonds is 8. The summed E-state index contributed by atoms with van der Waals surface area (Å²) in [5.74, 6) is 0. The molecule has 0 amide bonds. The fourth-order valence-electron chi connectivity index (χ4n) is 1.40. The van der Waals surface area contributed by atoms with Gasteiger partial charge in [-0.05, 0) is 19.9 Å². The molecule has 5 heteroatoms. The first-order chi connectivity index (χ1) is 6.64.